The van der Waals surface area contributed by atoms with Crippen molar-refractivity contribution >= 4 is 11.5 Å². The molecule has 0 N–H and O–H groups in total. The van der Waals surface area contributed by atoms with E-state index in [9.17, 15) is 4.79 Å². The molecule has 1 fully saturated rings. The normalized spacial score (nSPS) is 17.1. The zero-order valence-electron chi connectivity index (χ0n) is 17.6. The number of carbonyl (C=O) groups is 1. The molecule has 0 radical (unpaired) electrons. The van der Waals surface area contributed by atoms with Crippen molar-refractivity contribution in [3.63, 3.8) is 0 Å². The number of rotatable bonds is 4. The number of hydrogen-bond donors (Lipinski definition) is 0. The zero-order valence-corrected chi connectivity index (χ0v) is 17.6. The van der Waals surface area contributed by atoms with Gasteiger partial charge in [0, 0.05) is 24.6 Å². The predicted octanol–water partition coefficient (Wildman–Crippen LogP) is 4.31. The van der Waals surface area contributed by atoms with Crippen LogP contribution in [-0.4, -0.2) is 44.1 Å². The van der Waals surface area contributed by atoms with Gasteiger partial charge in [0.05, 0.1) is 17.6 Å². The van der Waals surface area contributed by atoms with Crippen LogP contribution >= 0.6 is 0 Å². The van der Waals surface area contributed by atoms with Crippen molar-refractivity contribution in [2.75, 3.05) is 13.1 Å². The number of aromatic nitrogens is 4. The molecule has 1 saturated carbocycles. The molecule has 7 nitrogen and oxygen atoms in total. The van der Waals surface area contributed by atoms with Crippen LogP contribution in [0.25, 0.3) is 28.6 Å². The fourth-order valence-electron chi connectivity index (χ4n) is 4.36. The standard InChI is InChI=1S/C24H25N5O2/c1-16-21(23-28-27-22(31-23)18-7-3-2-4-8-18)26-20(15-25-16)17-11-13-29(14-12-17)24(30)19-9-5-6-10-19/h2-4,7-8,11,15,19H,5-6,9-10,12-14H2,1H3. The lowest BCUT2D eigenvalue weighted by Crippen LogP contribution is -2.38. The van der Waals surface area contributed by atoms with Crippen LogP contribution in [0.2, 0.25) is 0 Å². The van der Waals surface area contributed by atoms with Gasteiger partial charge in [0.2, 0.25) is 11.8 Å². The summed E-state index contributed by atoms with van der Waals surface area (Å²) in [5.74, 6) is 1.35. The summed E-state index contributed by atoms with van der Waals surface area (Å²) in [5, 5.41) is 8.37. The smallest absolute Gasteiger partial charge is 0.268 e. The molecule has 1 aliphatic heterocycles. The minimum Gasteiger partial charge on any atom is -0.415 e. The van der Waals surface area contributed by atoms with Crippen LogP contribution in [0.5, 0.6) is 0 Å². The van der Waals surface area contributed by atoms with Crippen molar-refractivity contribution in [2.45, 2.75) is 39.0 Å². The number of aryl methyl sites for hydroxylation is 1. The van der Waals surface area contributed by atoms with E-state index in [1.807, 2.05) is 42.2 Å². The van der Waals surface area contributed by atoms with E-state index in [-0.39, 0.29) is 5.92 Å². The average molecular weight is 415 g/mol. The van der Waals surface area contributed by atoms with Gasteiger partial charge < -0.3 is 9.32 Å². The second-order valence-electron chi connectivity index (χ2n) is 8.21. The van der Waals surface area contributed by atoms with Gasteiger partial charge in [0.25, 0.3) is 5.89 Å². The molecule has 2 aromatic heterocycles. The molecule has 0 unspecified atom stereocenters. The largest absolute Gasteiger partial charge is 0.415 e. The quantitative estimate of drug-likeness (QED) is 0.631. The van der Waals surface area contributed by atoms with Gasteiger partial charge in [0.15, 0.2) is 0 Å². The predicted molar refractivity (Wildman–Crippen MR) is 117 cm³/mol. The lowest BCUT2D eigenvalue weighted by Gasteiger charge is -2.28. The Morgan fingerprint density at radius 1 is 1.10 bits per heavy atom. The molecular formula is C24H25N5O2. The Bertz CT molecular complexity index is 1120. The summed E-state index contributed by atoms with van der Waals surface area (Å²) in [6.07, 6.45) is 9.08. The van der Waals surface area contributed by atoms with Crippen LogP contribution in [0.4, 0.5) is 0 Å². The Morgan fingerprint density at radius 3 is 2.61 bits per heavy atom. The van der Waals surface area contributed by atoms with Gasteiger partial charge in [-0.05, 0) is 43.9 Å². The average Bonchev–Trinajstić information content (AvgIpc) is 3.52. The first kappa shape index (κ1) is 19.6. The molecule has 1 amide bonds. The van der Waals surface area contributed by atoms with E-state index in [1.165, 1.54) is 12.8 Å². The third-order valence-corrected chi connectivity index (χ3v) is 6.16. The SMILES string of the molecule is Cc1ncc(C2=CCN(C(=O)C3CCCC3)CC2)nc1-c1nnc(-c2ccccc2)o1. The molecule has 7 heteroatoms. The first-order valence-corrected chi connectivity index (χ1v) is 10.9. The summed E-state index contributed by atoms with van der Waals surface area (Å²) in [6.45, 7) is 3.24. The second-order valence-corrected chi connectivity index (χ2v) is 8.21. The van der Waals surface area contributed by atoms with Gasteiger partial charge in [0.1, 0.15) is 5.69 Å². The maximum absolute atomic E-state index is 12.7. The Kier molecular flexibility index (Phi) is 5.32. The molecule has 2 aliphatic rings. The molecule has 158 valence electrons. The van der Waals surface area contributed by atoms with Crippen molar-refractivity contribution in [2.24, 2.45) is 5.92 Å². The highest BCUT2D eigenvalue weighted by atomic mass is 16.4. The molecular weight excluding hydrogens is 390 g/mol. The van der Waals surface area contributed by atoms with Crippen LogP contribution in [0.15, 0.2) is 47.0 Å². The van der Waals surface area contributed by atoms with Gasteiger partial charge in [-0.15, -0.1) is 10.2 Å². The summed E-state index contributed by atoms with van der Waals surface area (Å²) in [7, 11) is 0. The lowest BCUT2D eigenvalue weighted by molar-refractivity contribution is -0.134. The second kappa shape index (κ2) is 8.41. The van der Waals surface area contributed by atoms with E-state index in [4.69, 9.17) is 9.40 Å². The molecule has 0 saturated heterocycles. The van der Waals surface area contributed by atoms with Crippen molar-refractivity contribution in [3.05, 3.63) is 54.0 Å². The Balaban J connectivity index is 1.36. The van der Waals surface area contributed by atoms with Crippen LogP contribution < -0.4 is 0 Å². The maximum atomic E-state index is 12.7. The Morgan fingerprint density at radius 2 is 1.87 bits per heavy atom. The van der Waals surface area contributed by atoms with Crippen molar-refractivity contribution in [1.29, 1.82) is 0 Å². The van der Waals surface area contributed by atoms with Gasteiger partial charge in [-0.3, -0.25) is 9.78 Å². The molecule has 0 bridgehead atoms. The third-order valence-electron chi connectivity index (χ3n) is 6.16. The van der Waals surface area contributed by atoms with Crippen molar-refractivity contribution < 1.29 is 9.21 Å². The number of carbonyl (C=O) groups excluding carboxylic acids is 1. The third kappa shape index (κ3) is 4.00. The van der Waals surface area contributed by atoms with Gasteiger partial charge in [-0.25, -0.2) is 4.98 Å². The number of benzene rings is 1. The molecule has 5 rings (SSSR count). The van der Waals surface area contributed by atoms with E-state index >= 15 is 0 Å². The van der Waals surface area contributed by atoms with Crippen LogP contribution in [0, 0.1) is 12.8 Å². The summed E-state index contributed by atoms with van der Waals surface area (Å²) in [4.78, 5) is 24.0. The monoisotopic (exact) mass is 415 g/mol. The van der Waals surface area contributed by atoms with Crippen LogP contribution in [-0.2, 0) is 4.79 Å². The fraction of sp³-hybridized carbons (Fsp3) is 0.375. The summed E-state index contributed by atoms with van der Waals surface area (Å²) in [6, 6.07) is 9.66. The Labute approximate surface area is 181 Å². The summed E-state index contributed by atoms with van der Waals surface area (Å²) < 4.78 is 5.89. The van der Waals surface area contributed by atoms with Gasteiger partial charge >= 0.3 is 0 Å². The highest BCUT2D eigenvalue weighted by Gasteiger charge is 2.28. The first-order chi connectivity index (χ1) is 15.2. The lowest BCUT2D eigenvalue weighted by atomic mass is 10.0. The fourth-order valence-corrected chi connectivity index (χ4v) is 4.36. The summed E-state index contributed by atoms with van der Waals surface area (Å²) >= 11 is 0. The highest BCUT2D eigenvalue weighted by molar-refractivity contribution is 5.80. The minimum absolute atomic E-state index is 0.219. The molecule has 1 aromatic carbocycles. The number of nitrogens with zero attached hydrogens (tertiary/aromatic N) is 5. The van der Waals surface area contributed by atoms with E-state index in [2.05, 4.69) is 21.3 Å². The van der Waals surface area contributed by atoms with Crippen molar-refractivity contribution in [1.82, 2.24) is 25.1 Å². The zero-order chi connectivity index (χ0) is 21.2. The van der Waals surface area contributed by atoms with E-state index in [1.54, 1.807) is 6.20 Å². The van der Waals surface area contributed by atoms with E-state index in [0.29, 0.717) is 29.9 Å². The highest BCUT2D eigenvalue weighted by Crippen LogP contribution is 2.30. The van der Waals surface area contributed by atoms with E-state index in [0.717, 1.165) is 48.3 Å². The number of hydrogen-bond acceptors (Lipinski definition) is 6. The number of amides is 1. The molecule has 1 aliphatic carbocycles. The molecule has 3 aromatic rings. The van der Waals surface area contributed by atoms with Crippen LogP contribution in [0.3, 0.4) is 0 Å². The van der Waals surface area contributed by atoms with Crippen LogP contribution in [0.1, 0.15) is 43.5 Å². The minimum atomic E-state index is 0.219. The Hall–Kier alpha value is -3.35. The molecule has 31 heavy (non-hydrogen) atoms. The molecule has 0 atom stereocenters. The molecule has 0 spiro atoms. The summed E-state index contributed by atoms with van der Waals surface area (Å²) in [5.41, 5.74) is 4.10. The maximum Gasteiger partial charge on any atom is 0.268 e. The topological polar surface area (TPSA) is 85.0 Å². The van der Waals surface area contributed by atoms with Gasteiger partial charge in [-0.1, -0.05) is 37.1 Å². The van der Waals surface area contributed by atoms with Gasteiger partial charge in [-0.2, -0.15) is 0 Å². The van der Waals surface area contributed by atoms with Crippen molar-refractivity contribution in [3.8, 4) is 23.0 Å². The molecule has 3 heterocycles. The van der Waals surface area contributed by atoms with E-state index < -0.39 is 0 Å². The first-order valence-electron chi connectivity index (χ1n) is 10.9.